The topological polar surface area (TPSA) is 111 Å². The molecule has 9 heteroatoms. The quantitative estimate of drug-likeness (QED) is 0.643. The van der Waals surface area contributed by atoms with E-state index in [0.717, 1.165) is 11.2 Å². The lowest BCUT2D eigenvalue weighted by Gasteiger charge is -2.07. The maximum absolute atomic E-state index is 12.1. The lowest BCUT2D eigenvalue weighted by Crippen LogP contribution is -2.27. The van der Waals surface area contributed by atoms with Gasteiger partial charge in [-0.05, 0) is 12.1 Å². The van der Waals surface area contributed by atoms with Crippen LogP contribution < -0.4 is 5.32 Å². The molecule has 0 bridgehead atoms. The van der Waals surface area contributed by atoms with Gasteiger partial charge in [0.15, 0.2) is 5.65 Å². The van der Waals surface area contributed by atoms with Crippen molar-refractivity contribution in [3.8, 4) is 0 Å². The third-order valence-electron chi connectivity index (χ3n) is 3.40. The van der Waals surface area contributed by atoms with Crippen LogP contribution in [-0.2, 0) is 17.7 Å². The zero-order chi connectivity index (χ0) is 16.1. The Hall–Kier alpha value is -2.81. The zero-order valence-corrected chi connectivity index (χ0v) is 12.7. The van der Waals surface area contributed by atoms with Crippen LogP contribution >= 0.6 is 0 Å². The first kappa shape index (κ1) is 15.1. The normalized spacial score (nSPS) is 11.0. The Kier molecular flexibility index (Phi) is 4.57. The second kappa shape index (κ2) is 6.97. The van der Waals surface area contributed by atoms with Gasteiger partial charge >= 0.3 is 0 Å². The number of hydrogen-bond acceptors (Lipinski definition) is 6. The Morgan fingerprint density at radius 3 is 3.22 bits per heavy atom. The maximum Gasteiger partial charge on any atom is 0.269 e. The Labute approximate surface area is 132 Å². The third kappa shape index (κ3) is 3.51. The zero-order valence-electron chi connectivity index (χ0n) is 12.7. The summed E-state index contributed by atoms with van der Waals surface area (Å²) in [4.78, 5) is 16.4. The molecule has 0 saturated carbocycles. The SMILES string of the molecule is COCCn1cnnc1CCNC(=O)c1ccc2cn[nH]c2n1. The molecule has 23 heavy (non-hydrogen) atoms. The van der Waals surface area contributed by atoms with Crippen LogP contribution in [0.3, 0.4) is 0 Å². The molecule has 0 aliphatic rings. The van der Waals surface area contributed by atoms with E-state index in [1.807, 2.05) is 10.6 Å². The van der Waals surface area contributed by atoms with Crippen molar-refractivity contribution in [3.63, 3.8) is 0 Å². The van der Waals surface area contributed by atoms with Gasteiger partial charge in [-0.25, -0.2) is 4.98 Å². The molecule has 0 aliphatic heterocycles. The van der Waals surface area contributed by atoms with Crippen LogP contribution in [0, 0.1) is 0 Å². The van der Waals surface area contributed by atoms with Crippen molar-refractivity contribution in [3.05, 3.63) is 36.2 Å². The van der Waals surface area contributed by atoms with Crippen molar-refractivity contribution in [2.24, 2.45) is 0 Å². The predicted octanol–water partition coefficient (Wildman–Crippen LogP) is 0.168. The number of H-pyrrole nitrogens is 1. The Balaban J connectivity index is 1.55. The fraction of sp³-hybridized carbons (Fsp3) is 0.357. The molecule has 3 rings (SSSR count). The molecule has 0 aromatic carbocycles. The van der Waals surface area contributed by atoms with Crippen LogP contribution in [0.5, 0.6) is 0 Å². The number of methoxy groups -OCH3 is 1. The highest BCUT2D eigenvalue weighted by Gasteiger charge is 2.10. The number of carbonyl (C=O) groups is 1. The van der Waals surface area contributed by atoms with Gasteiger partial charge < -0.3 is 14.6 Å². The van der Waals surface area contributed by atoms with Crippen LogP contribution in [0.15, 0.2) is 24.7 Å². The lowest BCUT2D eigenvalue weighted by atomic mass is 10.3. The molecular formula is C14H17N7O2. The van der Waals surface area contributed by atoms with Crippen LogP contribution in [0.1, 0.15) is 16.3 Å². The first-order valence-electron chi connectivity index (χ1n) is 7.22. The highest BCUT2D eigenvalue weighted by molar-refractivity contribution is 5.94. The summed E-state index contributed by atoms with van der Waals surface area (Å²) >= 11 is 0. The van der Waals surface area contributed by atoms with Crippen LogP contribution in [-0.4, -0.2) is 56.1 Å². The summed E-state index contributed by atoms with van der Waals surface area (Å²) in [6, 6.07) is 3.48. The number of rotatable bonds is 7. The number of aromatic nitrogens is 6. The fourth-order valence-electron chi connectivity index (χ4n) is 2.18. The number of nitrogens with zero attached hydrogens (tertiary/aromatic N) is 5. The molecule has 0 aliphatic carbocycles. The number of fused-ring (bicyclic) bond motifs is 1. The Bertz CT molecular complexity index is 795. The van der Waals surface area contributed by atoms with E-state index in [0.29, 0.717) is 37.5 Å². The van der Waals surface area contributed by atoms with E-state index < -0.39 is 0 Å². The summed E-state index contributed by atoms with van der Waals surface area (Å²) in [6.45, 7) is 1.73. The second-order valence-electron chi connectivity index (χ2n) is 4.94. The smallest absolute Gasteiger partial charge is 0.269 e. The fourth-order valence-corrected chi connectivity index (χ4v) is 2.18. The standard InChI is InChI=1S/C14H17N7O2/c1-23-7-6-21-9-17-19-12(21)4-5-15-14(22)11-3-2-10-8-16-20-13(10)18-11/h2-3,8-9H,4-7H2,1H3,(H,15,22)(H,16,18,20). The first-order valence-corrected chi connectivity index (χ1v) is 7.22. The molecule has 3 aromatic heterocycles. The molecule has 3 heterocycles. The molecule has 0 fully saturated rings. The number of aromatic amines is 1. The minimum Gasteiger partial charge on any atom is -0.383 e. The molecule has 2 N–H and O–H groups in total. The maximum atomic E-state index is 12.1. The van der Waals surface area contributed by atoms with Gasteiger partial charge in [0.2, 0.25) is 0 Å². The summed E-state index contributed by atoms with van der Waals surface area (Å²) in [7, 11) is 1.65. The van der Waals surface area contributed by atoms with E-state index in [2.05, 4.69) is 30.7 Å². The molecule has 0 atom stereocenters. The van der Waals surface area contributed by atoms with E-state index in [1.54, 1.807) is 25.7 Å². The third-order valence-corrected chi connectivity index (χ3v) is 3.40. The Morgan fingerprint density at radius 1 is 1.43 bits per heavy atom. The second-order valence-corrected chi connectivity index (χ2v) is 4.94. The first-order chi connectivity index (χ1) is 11.3. The summed E-state index contributed by atoms with van der Waals surface area (Å²) in [5, 5.41) is 18.3. The largest absolute Gasteiger partial charge is 0.383 e. The molecule has 0 saturated heterocycles. The molecule has 120 valence electrons. The van der Waals surface area contributed by atoms with Crippen molar-refractivity contribution in [2.75, 3.05) is 20.3 Å². The van der Waals surface area contributed by atoms with Gasteiger partial charge in [0, 0.05) is 32.0 Å². The molecule has 0 unspecified atom stereocenters. The van der Waals surface area contributed by atoms with Crippen molar-refractivity contribution in [2.45, 2.75) is 13.0 Å². The van der Waals surface area contributed by atoms with Gasteiger partial charge in [-0.2, -0.15) is 5.10 Å². The van der Waals surface area contributed by atoms with E-state index in [4.69, 9.17) is 4.74 Å². The van der Waals surface area contributed by atoms with Gasteiger partial charge in [-0.1, -0.05) is 0 Å². The minimum atomic E-state index is -0.232. The highest BCUT2D eigenvalue weighted by atomic mass is 16.5. The van der Waals surface area contributed by atoms with Gasteiger partial charge in [0.25, 0.3) is 5.91 Å². The average Bonchev–Trinajstić information content (AvgIpc) is 3.21. The van der Waals surface area contributed by atoms with Gasteiger partial charge in [0.1, 0.15) is 17.8 Å². The molecule has 3 aromatic rings. The molecule has 0 radical (unpaired) electrons. The van der Waals surface area contributed by atoms with Crippen LogP contribution in [0.4, 0.5) is 0 Å². The van der Waals surface area contributed by atoms with Crippen molar-refractivity contribution >= 4 is 16.9 Å². The van der Waals surface area contributed by atoms with Crippen LogP contribution in [0.2, 0.25) is 0 Å². The molecule has 1 amide bonds. The Morgan fingerprint density at radius 2 is 2.35 bits per heavy atom. The summed E-state index contributed by atoms with van der Waals surface area (Å²) in [5.41, 5.74) is 0.944. The molecule has 9 nitrogen and oxygen atoms in total. The minimum absolute atomic E-state index is 0.232. The average molecular weight is 315 g/mol. The van der Waals surface area contributed by atoms with E-state index >= 15 is 0 Å². The summed E-state index contributed by atoms with van der Waals surface area (Å²) in [6.07, 6.45) is 3.91. The van der Waals surface area contributed by atoms with Gasteiger partial charge in [-0.3, -0.25) is 9.89 Å². The number of amides is 1. The predicted molar refractivity (Wildman–Crippen MR) is 81.8 cm³/mol. The number of pyridine rings is 1. The number of nitrogens with one attached hydrogen (secondary N) is 2. The highest BCUT2D eigenvalue weighted by Crippen LogP contribution is 2.08. The molecular weight excluding hydrogens is 298 g/mol. The van der Waals surface area contributed by atoms with Crippen molar-refractivity contribution in [1.82, 2.24) is 35.3 Å². The van der Waals surface area contributed by atoms with Gasteiger partial charge in [-0.15, -0.1) is 10.2 Å². The number of hydrogen-bond donors (Lipinski definition) is 2. The van der Waals surface area contributed by atoms with E-state index in [9.17, 15) is 4.79 Å². The lowest BCUT2D eigenvalue weighted by molar-refractivity contribution is 0.0949. The molecule has 0 spiro atoms. The van der Waals surface area contributed by atoms with E-state index in [-0.39, 0.29) is 5.91 Å². The number of ether oxygens (including phenoxy) is 1. The van der Waals surface area contributed by atoms with Crippen LogP contribution in [0.25, 0.3) is 11.0 Å². The summed E-state index contributed by atoms with van der Waals surface area (Å²) in [5.74, 6) is 0.573. The van der Waals surface area contributed by atoms with Crippen molar-refractivity contribution in [1.29, 1.82) is 0 Å². The van der Waals surface area contributed by atoms with Crippen molar-refractivity contribution < 1.29 is 9.53 Å². The summed E-state index contributed by atoms with van der Waals surface area (Å²) < 4.78 is 6.94. The number of carbonyl (C=O) groups excluding carboxylic acids is 1. The van der Waals surface area contributed by atoms with Gasteiger partial charge in [0.05, 0.1) is 12.8 Å². The monoisotopic (exact) mass is 315 g/mol. The van der Waals surface area contributed by atoms with E-state index in [1.165, 1.54) is 0 Å².